The van der Waals surface area contributed by atoms with Crippen molar-refractivity contribution in [2.45, 2.75) is 25.9 Å². The van der Waals surface area contributed by atoms with Crippen LogP contribution in [0.1, 0.15) is 16.7 Å². The zero-order chi connectivity index (χ0) is 22.9. The number of benzene rings is 3. The third-order valence-electron chi connectivity index (χ3n) is 5.30. The summed E-state index contributed by atoms with van der Waals surface area (Å²) in [5.41, 5.74) is 3.05. The van der Waals surface area contributed by atoms with Gasteiger partial charge in [-0.25, -0.2) is 0 Å². The molecule has 0 aliphatic carbocycles. The molecule has 0 saturated carbocycles. The normalized spacial score (nSPS) is 11.5. The summed E-state index contributed by atoms with van der Waals surface area (Å²) in [6, 6.07) is 24.5. The lowest BCUT2D eigenvalue weighted by atomic mass is 10.0. The highest BCUT2D eigenvalue weighted by Gasteiger charge is 2.30. The van der Waals surface area contributed by atoms with Crippen LogP contribution in [0.5, 0.6) is 5.75 Å². The molecule has 0 fully saturated rings. The predicted octanol–water partition coefficient (Wildman–Crippen LogP) is 4.36. The van der Waals surface area contributed by atoms with Crippen LogP contribution in [0, 0.1) is 10.5 Å². The van der Waals surface area contributed by atoms with Crippen molar-refractivity contribution >= 4 is 34.4 Å². The van der Waals surface area contributed by atoms with E-state index in [9.17, 15) is 9.59 Å². The molecule has 166 valence electrons. The molecule has 1 N–H and O–H groups in total. The first-order valence-corrected chi connectivity index (χ1v) is 11.5. The van der Waals surface area contributed by atoms with E-state index in [0.717, 1.165) is 20.3 Å². The molecule has 6 heteroatoms. The Morgan fingerprint density at radius 2 is 1.62 bits per heavy atom. The Kier molecular flexibility index (Phi) is 8.67. The number of halogens is 1. The number of likely N-dealkylation sites (N-methyl/N-ethyl adjacent to an activating group) is 1. The Morgan fingerprint density at radius 3 is 2.28 bits per heavy atom. The maximum atomic E-state index is 13.4. The molecule has 3 aromatic rings. The van der Waals surface area contributed by atoms with Crippen molar-refractivity contribution in [3.8, 4) is 5.75 Å². The summed E-state index contributed by atoms with van der Waals surface area (Å²) < 4.78 is 6.85. The number of rotatable bonds is 9. The number of carbonyl (C=O) groups excluding carboxylic acids is 2. The predicted molar refractivity (Wildman–Crippen MR) is 134 cm³/mol. The van der Waals surface area contributed by atoms with Gasteiger partial charge in [-0.1, -0.05) is 54.6 Å². The molecule has 1 atom stereocenters. The van der Waals surface area contributed by atoms with Crippen molar-refractivity contribution in [1.29, 1.82) is 0 Å². The van der Waals surface area contributed by atoms with E-state index < -0.39 is 6.04 Å². The number of hydrogen-bond acceptors (Lipinski definition) is 3. The van der Waals surface area contributed by atoms with Gasteiger partial charge in [0.15, 0.2) is 6.61 Å². The van der Waals surface area contributed by atoms with E-state index in [1.165, 1.54) is 0 Å². The standard InChI is InChI=1S/C26H27IN2O3/c1-19-8-6-7-11-21(19)17-29(25(30)18-32-23-14-12-22(27)13-15-23)24(26(31)28-2)16-20-9-4-3-5-10-20/h3-15,24H,16-18H2,1-2H3,(H,28,31)/t24-/m1/s1. The highest BCUT2D eigenvalue weighted by atomic mass is 127. The van der Waals surface area contributed by atoms with Crippen LogP contribution in [0.4, 0.5) is 0 Å². The van der Waals surface area contributed by atoms with Crippen molar-refractivity contribution in [2.75, 3.05) is 13.7 Å². The summed E-state index contributed by atoms with van der Waals surface area (Å²) in [7, 11) is 1.60. The van der Waals surface area contributed by atoms with E-state index in [-0.39, 0.29) is 18.4 Å². The van der Waals surface area contributed by atoms with Crippen LogP contribution < -0.4 is 10.1 Å². The molecule has 3 aromatic carbocycles. The summed E-state index contributed by atoms with van der Waals surface area (Å²) in [6.45, 7) is 2.19. The second-order valence-corrected chi connectivity index (χ2v) is 8.76. The van der Waals surface area contributed by atoms with Gasteiger partial charge in [0.25, 0.3) is 5.91 Å². The minimum Gasteiger partial charge on any atom is -0.484 e. The van der Waals surface area contributed by atoms with Crippen LogP contribution in [-0.4, -0.2) is 36.4 Å². The monoisotopic (exact) mass is 542 g/mol. The fourth-order valence-corrected chi connectivity index (χ4v) is 3.81. The molecular weight excluding hydrogens is 515 g/mol. The lowest BCUT2D eigenvalue weighted by molar-refractivity contribution is -0.142. The topological polar surface area (TPSA) is 58.6 Å². The Hall–Kier alpha value is -2.87. The lowest BCUT2D eigenvalue weighted by Gasteiger charge is -2.31. The first kappa shape index (κ1) is 23.8. The first-order valence-electron chi connectivity index (χ1n) is 10.5. The molecule has 5 nitrogen and oxygen atoms in total. The van der Waals surface area contributed by atoms with Crippen molar-refractivity contribution in [3.63, 3.8) is 0 Å². The highest BCUT2D eigenvalue weighted by molar-refractivity contribution is 14.1. The Bertz CT molecular complexity index is 1040. The minimum atomic E-state index is -0.658. The highest BCUT2D eigenvalue weighted by Crippen LogP contribution is 2.18. The van der Waals surface area contributed by atoms with Crippen molar-refractivity contribution in [1.82, 2.24) is 10.2 Å². The van der Waals surface area contributed by atoms with Gasteiger partial charge in [0.1, 0.15) is 11.8 Å². The molecule has 3 rings (SSSR count). The van der Waals surface area contributed by atoms with Crippen LogP contribution in [0.25, 0.3) is 0 Å². The lowest BCUT2D eigenvalue weighted by Crippen LogP contribution is -2.51. The average Bonchev–Trinajstić information content (AvgIpc) is 2.82. The third-order valence-corrected chi connectivity index (χ3v) is 6.01. The molecule has 0 spiro atoms. The van der Waals surface area contributed by atoms with Crippen LogP contribution in [0.3, 0.4) is 0 Å². The van der Waals surface area contributed by atoms with Crippen molar-refractivity contribution in [2.24, 2.45) is 0 Å². The summed E-state index contributed by atoms with van der Waals surface area (Å²) in [6.07, 6.45) is 0.418. The van der Waals surface area contributed by atoms with E-state index >= 15 is 0 Å². The molecule has 0 bridgehead atoms. The zero-order valence-electron chi connectivity index (χ0n) is 18.3. The maximum absolute atomic E-state index is 13.4. The maximum Gasteiger partial charge on any atom is 0.261 e. The van der Waals surface area contributed by atoms with Crippen molar-refractivity contribution in [3.05, 3.63) is 99.1 Å². The zero-order valence-corrected chi connectivity index (χ0v) is 20.4. The number of ether oxygens (including phenoxy) is 1. The average molecular weight is 542 g/mol. The van der Waals surface area contributed by atoms with E-state index in [1.807, 2.05) is 85.8 Å². The fourth-order valence-electron chi connectivity index (χ4n) is 3.45. The molecular formula is C26H27IN2O3. The first-order chi connectivity index (χ1) is 15.5. The Balaban J connectivity index is 1.87. The summed E-state index contributed by atoms with van der Waals surface area (Å²) in [4.78, 5) is 27.9. The van der Waals surface area contributed by atoms with Gasteiger partial charge < -0.3 is 15.0 Å². The van der Waals surface area contributed by atoms with Crippen LogP contribution in [-0.2, 0) is 22.6 Å². The molecule has 0 radical (unpaired) electrons. The second kappa shape index (κ2) is 11.7. The van der Waals surface area contributed by atoms with E-state index in [2.05, 4.69) is 27.9 Å². The molecule has 0 aromatic heterocycles. The SMILES string of the molecule is CNC(=O)[C@@H](Cc1ccccc1)N(Cc1ccccc1C)C(=O)COc1ccc(I)cc1. The van der Waals surface area contributed by atoms with Crippen LogP contribution in [0.15, 0.2) is 78.9 Å². The minimum absolute atomic E-state index is 0.144. The number of amides is 2. The quantitative estimate of drug-likeness (QED) is 0.409. The third kappa shape index (κ3) is 6.56. The number of nitrogens with zero attached hydrogens (tertiary/aromatic N) is 1. The molecule has 0 aliphatic heterocycles. The van der Waals surface area contributed by atoms with Gasteiger partial charge in [0.2, 0.25) is 5.91 Å². The molecule has 0 saturated heterocycles. The van der Waals surface area contributed by atoms with E-state index in [1.54, 1.807) is 11.9 Å². The van der Waals surface area contributed by atoms with E-state index in [4.69, 9.17) is 4.74 Å². The van der Waals surface area contributed by atoms with Gasteiger partial charge in [0, 0.05) is 23.6 Å². The fraction of sp³-hybridized carbons (Fsp3) is 0.231. The second-order valence-electron chi connectivity index (χ2n) is 7.51. The summed E-state index contributed by atoms with van der Waals surface area (Å²) in [5, 5.41) is 2.73. The number of aryl methyl sites for hydroxylation is 1. The van der Waals surface area contributed by atoms with Gasteiger partial charge in [0.05, 0.1) is 0 Å². The van der Waals surface area contributed by atoms with Gasteiger partial charge in [-0.2, -0.15) is 0 Å². The molecule has 0 heterocycles. The van der Waals surface area contributed by atoms with Crippen LogP contribution >= 0.6 is 22.6 Å². The summed E-state index contributed by atoms with van der Waals surface area (Å²) >= 11 is 2.22. The van der Waals surface area contributed by atoms with Gasteiger partial charge >= 0.3 is 0 Å². The Labute approximate surface area is 202 Å². The molecule has 32 heavy (non-hydrogen) atoms. The van der Waals surface area contributed by atoms with E-state index in [0.29, 0.717) is 18.7 Å². The van der Waals surface area contributed by atoms with Gasteiger partial charge in [-0.15, -0.1) is 0 Å². The number of nitrogens with one attached hydrogen (secondary N) is 1. The van der Waals surface area contributed by atoms with Crippen molar-refractivity contribution < 1.29 is 14.3 Å². The molecule has 0 unspecified atom stereocenters. The van der Waals surface area contributed by atoms with Gasteiger partial charge in [-0.05, 0) is 70.5 Å². The number of hydrogen-bond donors (Lipinski definition) is 1. The molecule has 2 amide bonds. The largest absolute Gasteiger partial charge is 0.484 e. The smallest absolute Gasteiger partial charge is 0.261 e. The van der Waals surface area contributed by atoms with Crippen LogP contribution in [0.2, 0.25) is 0 Å². The molecule has 0 aliphatic rings. The number of carbonyl (C=O) groups is 2. The summed E-state index contributed by atoms with van der Waals surface area (Å²) in [5.74, 6) is 0.176. The van der Waals surface area contributed by atoms with Gasteiger partial charge in [-0.3, -0.25) is 9.59 Å². The Morgan fingerprint density at radius 1 is 0.969 bits per heavy atom.